The summed E-state index contributed by atoms with van der Waals surface area (Å²) in [5.74, 6) is 0.341. The number of hydrogen-bond donors (Lipinski definition) is 3. The first-order chi connectivity index (χ1) is 15.1. The van der Waals surface area contributed by atoms with Crippen LogP contribution in [0.15, 0.2) is 55.6 Å². The van der Waals surface area contributed by atoms with Gasteiger partial charge in [-0.2, -0.15) is 0 Å². The fraction of sp³-hybridized carbons (Fsp3) is 0.261. The van der Waals surface area contributed by atoms with Crippen molar-refractivity contribution < 1.29 is 9.21 Å². The molecule has 0 fully saturated rings. The first kappa shape index (κ1) is 20.8. The van der Waals surface area contributed by atoms with Crippen molar-refractivity contribution in [3.05, 3.63) is 83.8 Å². The molecule has 0 saturated carbocycles. The number of carbonyl (C=O) groups is 1. The van der Waals surface area contributed by atoms with Crippen molar-refractivity contribution in [2.24, 2.45) is 5.41 Å². The van der Waals surface area contributed by atoms with Crippen LogP contribution in [0.4, 0.5) is 5.82 Å². The number of H-pyrrole nitrogens is 2. The van der Waals surface area contributed by atoms with E-state index in [9.17, 15) is 14.4 Å². The van der Waals surface area contributed by atoms with Crippen molar-refractivity contribution in [2.45, 2.75) is 32.6 Å². The Kier molecular flexibility index (Phi) is 4.72. The van der Waals surface area contributed by atoms with Crippen molar-refractivity contribution in [2.75, 3.05) is 5.32 Å². The lowest BCUT2D eigenvalue weighted by Gasteiger charge is -2.37. The van der Waals surface area contributed by atoms with Crippen LogP contribution in [0.25, 0.3) is 11.3 Å². The van der Waals surface area contributed by atoms with Crippen molar-refractivity contribution in [1.29, 1.82) is 0 Å². The van der Waals surface area contributed by atoms with E-state index in [0.29, 0.717) is 51.2 Å². The first-order valence-corrected chi connectivity index (χ1v) is 10.8. The maximum absolute atomic E-state index is 13.2. The van der Waals surface area contributed by atoms with Gasteiger partial charge in [-0.25, -0.2) is 4.79 Å². The summed E-state index contributed by atoms with van der Waals surface area (Å²) < 4.78 is 6.13. The van der Waals surface area contributed by atoms with Gasteiger partial charge >= 0.3 is 5.69 Å². The third-order valence-corrected chi connectivity index (χ3v) is 6.41. The highest BCUT2D eigenvalue weighted by atomic mass is 35.5. The number of benzene rings is 1. The SMILES string of the molecule is CC1(C)CC(=O)C2=C(C1)Nc1[nH]c(=O)[nH]c(=O)c1C2c1ccc(-c2ccc(Cl)cc2Cl)o1. The van der Waals surface area contributed by atoms with Crippen molar-refractivity contribution in [1.82, 2.24) is 9.97 Å². The minimum absolute atomic E-state index is 0.0625. The quantitative estimate of drug-likeness (QED) is 0.495. The molecule has 9 heteroatoms. The van der Waals surface area contributed by atoms with Gasteiger partial charge in [0.15, 0.2) is 5.78 Å². The van der Waals surface area contributed by atoms with Crippen LogP contribution in [0.5, 0.6) is 0 Å². The summed E-state index contributed by atoms with van der Waals surface area (Å²) in [5, 5.41) is 4.04. The smallest absolute Gasteiger partial charge is 0.327 e. The van der Waals surface area contributed by atoms with Gasteiger partial charge in [0, 0.05) is 28.3 Å². The van der Waals surface area contributed by atoms with Crippen LogP contribution in [-0.4, -0.2) is 15.8 Å². The van der Waals surface area contributed by atoms with E-state index in [1.54, 1.807) is 30.3 Å². The largest absolute Gasteiger partial charge is 0.460 e. The van der Waals surface area contributed by atoms with Gasteiger partial charge in [-0.1, -0.05) is 37.0 Å². The third-order valence-electron chi connectivity index (χ3n) is 5.86. The van der Waals surface area contributed by atoms with E-state index >= 15 is 0 Å². The molecule has 3 aromatic rings. The average molecular weight is 472 g/mol. The highest BCUT2D eigenvalue weighted by molar-refractivity contribution is 6.36. The maximum Gasteiger partial charge on any atom is 0.327 e. The lowest BCUT2D eigenvalue weighted by atomic mass is 9.70. The summed E-state index contributed by atoms with van der Waals surface area (Å²) in [6, 6.07) is 8.52. The summed E-state index contributed by atoms with van der Waals surface area (Å²) in [4.78, 5) is 42.9. The summed E-state index contributed by atoms with van der Waals surface area (Å²) in [5.41, 5.74) is 0.588. The van der Waals surface area contributed by atoms with Crippen LogP contribution < -0.4 is 16.6 Å². The lowest BCUT2D eigenvalue weighted by molar-refractivity contribution is -0.118. The zero-order valence-electron chi connectivity index (χ0n) is 17.3. The molecular weight excluding hydrogens is 453 g/mol. The molecule has 32 heavy (non-hydrogen) atoms. The Morgan fingerprint density at radius 2 is 1.81 bits per heavy atom. The number of Topliss-reactive ketones (excluding diaryl/α,β-unsaturated/α-hetero) is 1. The van der Waals surface area contributed by atoms with Gasteiger partial charge in [0.25, 0.3) is 5.56 Å². The van der Waals surface area contributed by atoms with Crippen LogP contribution in [0, 0.1) is 5.41 Å². The molecule has 3 heterocycles. The number of anilines is 1. The van der Waals surface area contributed by atoms with Gasteiger partial charge in [-0.05, 0) is 42.2 Å². The number of aromatic nitrogens is 2. The normalized spacial score (nSPS) is 19.4. The molecule has 5 rings (SSSR count). The third kappa shape index (κ3) is 3.42. The summed E-state index contributed by atoms with van der Waals surface area (Å²) in [7, 11) is 0. The van der Waals surface area contributed by atoms with Crippen LogP contribution in [0.2, 0.25) is 10.0 Å². The lowest BCUT2D eigenvalue weighted by Crippen LogP contribution is -2.38. The van der Waals surface area contributed by atoms with E-state index in [2.05, 4.69) is 15.3 Å². The van der Waals surface area contributed by atoms with Crippen molar-refractivity contribution in [3.63, 3.8) is 0 Å². The minimum Gasteiger partial charge on any atom is -0.460 e. The first-order valence-electron chi connectivity index (χ1n) is 10.1. The number of carbonyl (C=O) groups excluding carboxylic acids is 1. The Labute approximate surface area is 192 Å². The van der Waals surface area contributed by atoms with E-state index in [1.165, 1.54) is 0 Å². The zero-order chi connectivity index (χ0) is 22.8. The van der Waals surface area contributed by atoms with E-state index in [-0.39, 0.29) is 22.6 Å². The Morgan fingerprint density at radius 3 is 2.56 bits per heavy atom. The Balaban J connectivity index is 1.71. The molecule has 0 saturated heterocycles. The molecule has 1 atom stereocenters. The van der Waals surface area contributed by atoms with Gasteiger partial charge in [0.1, 0.15) is 17.3 Å². The van der Waals surface area contributed by atoms with Crippen molar-refractivity contribution in [3.8, 4) is 11.3 Å². The van der Waals surface area contributed by atoms with E-state index in [0.717, 1.165) is 0 Å². The zero-order valence-corrected chi connectivity index (χ0v) is 18.8. The fourth-order valence-corrected chi connectivity index (χ4v) is 5.07. The Bertz CT molecular complexity index is 1430. The van der Waals surface area contributed by atoms with Crippen LogP contribution in [0.3, 0.4) is 0 Å². The molecule has 1 aromatic carbocycles. The van der Waals surface area contributed by atoms with Gasteiger partial charge in [-0.15, -0.1) is 0 Å². The van der Waals surface area contributed by atoms with Crippen LogP contribution in [-0.2, 0) is 4.79 Å². The predicted octanol–water partition coefficient (Wildman–Crippen LogP) is 4.83. The molecule has 3 N–H and O–H groups in total. The maximum atomic E-state index is 13.2. The Hall–Kier alpha value is -3.03. The fourth-order valence-electron chi connectivity index (χ4n) is 4.57. The molecule has 1 unspecified atom stereocenters. The monoisotopic (exact) mass is 471 g/mol. The predicted molar refractivity (Wildman–Crippen MR) is 122 cm³/mol. The molecule has 0 amide bonds. The van der Waals surface area contributed by atoms with Gasteiger partial charge in [-0.3, -0.25) is 19.6 Å². The van der Waals surface area contributed by atoms with Crippen LogP contribution >= 0.6 is 23.2 Å². The summed E-state index contributed by atoms with van der Waals surface area (Å²) in [6.07, 6.45) is 0.937. The number of ketones is 1. The van der Waals surface area contributed by atoms with E-state index in [1.807, 2.05) is 13.8 Å². The molecule has 164 valence electrons. The molecule has 2 aromatic heterocycles. The number of aromatic amines is 2. The molecule has 1 aliphatic heterocycles. The molecule has 2 aliphatic rings. The average Bonchev–Trinajstić information content (AvgIpc) is 3.14. The van der Waals surface area contributed by atoms with Gasteiger partial charge < -0.3 is 9.73 Å². The van der Waals surface area contributed by atoms with E-state index < -0.39 is 17.2 Å². The molecular formula is C23H19Cl2N3O4. The molecule has 7 nitrogen and oxygen atoms in total. The Morgan fingerprint density at radius 1 is 1.03 bits per heavy atom. The number of hydrogen-bond acceptors (Lipinski definition) is 5. The number of fused-ring (bicyclic) bond motifs is 1. The summed E-state index contributed by atoms with van der Waals surface area (Å²) >= 11 is 12.3. The second kappa shape index (κ2) is 7.25. The summed E-state index contributed by atoms with van der Waals surface area (Å²) in [6.45, 7) is 4.02. The number of furan rings is 1. The number of allylic oxidation sites excluding steroid dienone is 2. The second-order valence-electron chi connectivity index (χ2n) is 8.91. The standard InChI is InChI=1S/C23H19Cl2N3O4/c1-23(2)8-13-17(14(29)9-23)18(19-20(26-13)27-22(31)28-21(19)30)16-6-5-15(32-16)11-4-3-10(24)7-12(11)25/h3-7,18H,8-9H2,1-2H3,(H3,26,27,28,30,31). The van der Waals surface area contributed by atoms with Gasteiger partial charge in [0.05, 0.1) is 16.5 Å². The molecule has 0 bridgehead atoms. The minimum atomic E-state index is -0.759. The number of nitrogens with one attached hydrogen (secondary N) is 3. The second-order valence-corrected chi connectivity index (χ2v) is 9.76. The molecule has 0 spiro atoms. The van der Waals surface area contributed by atoms with Gasteiger partial charge in [0.2, 0.25) is 0 Å². The topological polar surface area (TPSA) is 108 Å². The highest BCUT2D eigenvalue weighted by Gasteiger charge is 2.43. The molecule has 0 radical (unpaired) electrons. The number of rotatable bonds is 2. The van der Waals surface area contributed by atoms with Crippen molar-refractivity contribution >= 4 is 34.8 Å². The number of halogens is 2. The molecule has 1 aliphatic carbocycles. The highest BCUT2D eigenvalue weighted by Crippen LogP contribution is 2.48. The van der Waals surface area contributed by atoms with E-state index in [4.69, 9.17) is 27.6 Å². The van der Waals surface area contributed by atoms with Crippen LogP contribution in [0.1, 0.15) is 43.9 Å².